The molecule has 0 aliphatic heterocycles. The summed E-state index contributed by atoms with van der Waals surface area (Å²) >= 11 is 5.20. The van der Waals surface area contributed by atoms with E-state index in [4.69, 9.17) is 0 Å². The van der Waals surface area contributed by atoms with Gasteiger partial charge in [-0.25, -0.2) is 4.98 Å². The summed E-state index contributed by atoms with van der Waals surface area (Å²) in [6, 6.07) is 0. The number of nitrogens with zero attached hydrogens (tertiary/aromatic N) is 4. The number of aromatic amines is 1. The number of aromatic nitrogens is 5. The van der Waals surface area contributed by atoms with Crippen molar-refractivity contribution in [1.29, 1.82) is 0 Å². The first-order chi connectivity index (χ1) is 7.72. The van der Waals surface area contributed by atoms with Crippen molar-refractivity contribution in [3.8, 4) is 0 Å². The first-order valence-corrected chi connectivity index (χ1v) is 6.68. The van der Waals surface area contributed by atoms with Crippen LogP contribution in [0.5, 0.6) is 0 Å². The van der Waals surface area contributed by atoms with Gasteiger partial charge in [0.1, 0.15) is 6.33 Å². The maximum atomic E-state index is 4.44. The van der Waals surface area contributed by atoms with Crippen LogP contribution in [-0.4, -0.2) is 25.0 Å². The Kier molecular flexibility index (Phi) is 3.65. The smallest absolute Gasteiger partial charge is 0.183 e. The van der Waals surface area contributed by atoms with Crippen LogP contribution in [0.2, 0.25) is 0 Å². The predicted octanol–water partition coefficient (Wildman–Crippen LogP) is 2.16. The van der Waals surface area contributed by atoms with Crippen molar-refractivity contribution in [2.45, 2.75) is 24.3 Å². The van der Waals surface area contributed by atoms with Crippen molar-refractivity contribution >= 4 is 27.7 Å². The lowest BCUT2D eigenvalue weighted by Gasteiger charge is -2.00. The summed E-state index contributed by atoms with van der Waals surface area (Å²) in [6.45, 7) is 2.10. The fourth-order valence-corrected chi connectivity index (χ4v) is 3.16. The molecule has 2 rings (SSSR count). The number of halogens is 1. The molecule has 0 aliphatic rings. The Labute approximate surface area is 106 Å². The molecule has 2 aromatic rings. The molecule has 7 heteroatoms. The van der Waals surface area contributed by atoms with Crippen molar-refractivity contribution in [2.24, 2.45) is 7.05 Å². The molecule has 0 aromatic carbocycles. The largest absolute Gasteiger partial charge is 0.270 e. The molecule has 0 unspecified atom stereocenters. The van der Waals surface area contributed by atoms with Gasteiger partial charge in [-0.05, 0) is 22.4 Å². The summed E-state index contributed by atoms with van der Waals surface area (Å²) in [4.78, 5) is 4.07. The van der Waals surface area contributed by atoms with Gasteiger partial charge in [0.2, 0.25) is 0 Å². The van der Waals surface area contributed by atoms with Crippen molar-refractivity contribution in [3.05, 3.63) is 22.2 Å². The lowest BCUT2D eigenvalue weighted by atomic mass is 10.3. The molecule has 2 aromatic heterocycles. The van der Waals surface area contributed by atoms with Crippen LogP contribution in [0.4, 0.5) is 0 Å². The monoisotopic (exact) mass is 301 g/mol. The summed E-state index contributed by atoms with van der Waals surface area (Å²) in [6.07, 6.45) is 2.44. The number of nitrogens with one attached hydrogen (secondary N) is 1. The molecule has 1 N–H and O–H groups in total. The number of aryl methyl sites for hydroxylation is 2. The molecule has 0 saturated carbocycles. The van der Waals surface area contributed by atoms with Crippen LogP contribution in [-0.2, 0) is 19.2 Å². The molecule has 0 bridgehead atoms. The zero-order chi connectivity index (χ0) is 11.5. The van der Waals surface area contributed by atoms with Gasteiger partial charge in [-0.15, -0.1) is 0 Å². The summed E-state index contributed by atoms with van der Waals surface area (Å²) in [5.41, 5.74) is 2.26. The second-order valence-corrected chi connectivity index (χ2v) is 5.02. The first-order valence-electron chi connectivity index (χ1n) is 4.90. The Morgan fingerprint density at radius 1 is 1.56 bits per heavy atom. The molecule has 0 fully saturated rings. The van der Waals surface area contributed by atoms with Gasteiger partial charge in [0.15, 0.2) is 5.16 Å². The van der Waals surface area contributed by atoms with Crippen molar-refractivity contribution < 1.29 is 0 Å². The van der Waals surface area contributed by atoms with Gasteiger partial charge in [-0.1, -0.05) is 18.7 Å². The Morgan fingerprint density at radius 3 is 2.94 bits per heavy atom. The molecule has 16 heavy (non-hydrogen) atoms. The van der Waals surface area contributed by atoms with E-state index in [1.54, 1.807) is 11.8 Å². The number of hydrogen-bond donors (Lipinski definition) is 1. The van der Waals surface area contributed by atoms with E-state index >= 15 is 0 Å². The van der Waals surface area contributed by atoms with Gasteiger partial charge in [0, 0.05) is 12.8 Å². The summed E-state index contributed by atoms with van der Waals surface area (Å²) in [5, 5.41) is 11.9. The highest BCUT2D eigenvalue weighted by Gasteiger charge is 2.12. The van der Waals surface area contributed by atoms with Gasteiger partial charge >= 0.3 is 0 Å². The van der Waals surface area contributed by atoms with Gasteiger partial charge < -0.3 is 0 Å². The maximum absolute atomic E-state index is 4.44. The number of H-pyrrole nitrogens is 1. The highest BCUT2D eigenvalue weighted by molar-refractivity contribution is 9.10. The van der Waals surface area contributed by atoms with Crippen LogP contribution in [0.1, 0.15) is 18.3 Å². The zero-order valence-corrected chi connectivity index (χ0v) is 11.5. The van der Waals surface area contributed by atoms with Crippen molar-refractivity contribution in [3.63, 3.8) is 0 Å². The van der Waals surface area contributed by atoms with E-state index < -0.39 is 0 Å². The Morgan fingerprint density at radius 2 is 2.38 bits per heavy atom. The molecule has 0 spiro atoms. The summed E-state index contributed by atoms with van der Waals surface area (Å²) in [7, 11) is 1.96. The standard InChI is InChI=1S/C9H12BrN5S/c1-3-6-8(10)7(15(2)14-6)4-16-9-11-5-12-13-9/h5H,3-4H2,1-2H3,(H,11,12,13). The van der Waals surface area contributed by atoms with Crippen LogP contribution in [0.25, 0.3) is 0 Å². The molecule has 0 amide bonds. The van der Waals surface area contributed by atoms with Gasteiger partial charge in [-0.3, -0.25) is 9.78 Å². The predicted molar refractivity (Wildman–Crippen MR) is 66.2 cm³/mol. The Bertz CT molecular complexity index is 464. The van der Waals surface area contributed by atoms with Gasteiger partial charge in [0.05, 0.1) is 15.9 Å². The Balaban J connectivity index is 2.12. The van der Waals surface area contributed by atoms with Crippen LogP contribution < -0.4 is 0 Å². The number of thioether (sulfide) groups is 1. The minimum atomic E-state index is 0.819. The average molecular weight is 302 g/mol. The van der Waals surface area contributed by atoms with E-state index in [2.05, 4.69) is 43.1 Å². The Hall–Kier alpha value is -0.820. The summed E-state index contributed by atoms with van der Waals surface area (Å²) in [5.74, 6) is 0.819. The minimum Gasteiger partial charge on any atom is -0.270 e. The van der Waals surface area contributed by atoms with Gasteiger partial charge in [-0.2, -0.15) is 10.2 Å². The molecule has 86 valence electrons. The van der Waals surface area contributed by atoms with Crippen molar-refractivity contribution in [1.82, 2.24) is 25.0 Å². The highest BCUT2D eigenvalue weighted by Crippen LogP contribution is 2.27. The second-order valence-electron chi connectivity index (χ2n) is 3.26. The summed E-state index contributed by atoms with van der Waals surface area (Å²) < 4.78 is 3.01. The quantitative estimate of drug-likeness (QED) is 0.879. The van der Waals surface area contributed by atoms with E-state index in [-0.39, 0.29) is 0 Å². The lowest BCUT2D eigenvalue weighted by molar-refractivity contribution is 0.719. The number of rotatable bonds is 4. The van der Waals surface area contributed by atoms with E-state index in [0.29, 0.717) is 0 Å². The zero-order valence-electron chi connectivity index (χ0n) is 9.07. The van der Waals surface area contributed by atoms with E-state index in [1.807, 2.05) is 11.7 Å². The average Bonchev–Trinajstić information content (AvgIpc) is 2.86. The van der Waals surface area contributed by atoms with Crippen LogP contribution in [0, 0.1) is 0 Å². The molecular weight excluding hydrogens is 290 g/mol. The maximum Gasteiger partial charge on any atom is 0.183 e. The van der Waals surface area contributed by atoms with Crippen LogP contribution in [0.15, 0.2) is 16.0 Å². The molecule has 0 saturated heterocycles. The van der Waals surface area contributed by atoms with E-state index in [9.17, 15) is 0 Å². The highest BCUT2D eigenvalue weighted by atomic mass is 79.9. The fourth-order valence-electron chi connectivity index (χ4n) is 1.38. The van der Waals surface area contributed by atoms with Crippen molar-refractivity contribution in [2.75, 3.05) is 0 Å². The third-order valence-corrected chi connectivity index (χ3v) is 4.04. The first kappa shape index (κ1) is 11.7. The molecule has 5 nitrogen and oxygen atoms in total. The third-order valence-electron chi connectivity index (χ3n) is 2.24. The van der Waals surface area contributed by atoms with E-state index in [0.717, 1.165) is 27.5 Å². The normalized spacial score (nSPS) is 10.9. The lowest BCUT2D eigenvalue weighted by Crippen LogP contribution is -1.97. The number of hydrogen-bond acceptors (Lipinski definition) is 4. The fraction of sp³-hybridized carbons (Fsp3) is 0.444. The molecular formula is C9H12BrN5S. The van der Waals surface area contributed by atoms with Crippen LogP contribution >= 0.6 is 27.7 Å². The van der Waals surface area contributed by atoms with Gasteiger partial charge in [0.25, 0.3) is 0 Å². The molecule has 2 heterocycles. The molecule has 0 radical (unpaired) electrons. The van der Waals surface area contributed by atoms with Crippen LogP contribution in [0.3, 0.4) is 0 Å². The SMILES string of the molecule is CCc1nn(C)c(CSc2ncn[nH]2)c1Br. The van der Waals surface area contributed by atoms with E-state index in [1.165, 1.54) is 12.0 Å². The molecule has 0 aliphatic carbocycles. The third kappa shape index (κ3) is 2.30. The topological polar surface area (TPSA) is 59.4 Å². The second kappa shape index (κ2) is 5.01. The molecule has 0 atom stereocenters. The minimum absolute atomic E-state index is 0.819.